The van der Waals surface area contributed by atoms with Crippen molar-refractivity contribution in [3.05, 3.63) is 36.5 Å². The molecule has 0 saturated carbocycles. The van der Waals surface area contributed by atoms with Crippen LogP contribution in [-0.4, -0.2) is 32.9 Å². The first-order chi connectivity index (χ1) is 7.92. The van der Waals surface area contributed by atoms with Gasteiger partial charge in [-0.15, -0.1) is 0 Å². The Morgan fingerprint density at radius 3 is 3.25 bits per heavy atom. The minimum Gasteiger partial charge on any atom is -0.364 e. The predicted molar refractivity (Wildman–Crippen MR) is 57.7 cm³/mol. The van der Waals surface area contributed by atoms with Gasteiger partial charge in [0.05, 0.1) is 11.7 Å². The summed E-state index contributed by atoms with van der Waals surface area (Å²) in [6.07, 6.45) is 6.64. The second kappa shape index (κ2) is 4.09. The zero-order chi connectivity index (χ0) is 10.8. The van der Waals surface area contributed by atoms with Crippen molar-refractivity contribution < 1.29 is 4.52 Å². The van der Waals surface area contributed by atoms with E-state index in [0.717, 1.165) is 31.7 Å². The maximum Gasteiger partial charge on any atom is 0.124 e. The third kappa shape index (κ3) is 1.86. The molecule has 0 spiro atoms. The first-order valence-corrected chi connectivity index (χ1v) is 5.52. The minimum absolute atomic E-state index is 0.502. The van der Waals surface area contributed by atoms with Gasteiger partial charge in [-0.25, -0.2) is 0 Å². The molecule has 0 aliphatic carbocycles. The predicted octanol–water partition coefficient (Wildman–Crippen LogP) is 1.32. The van der Waals surface area contributed by atoms with Crippen LogP contribution in [0.2, 0.25) is 0 Å². The van der Waals surface area contributed by atoms with Crippen molar-refractivity contribution in [1.82, 2.24) is 19.8 Å². The third-order valence-electron chi connectivity index (χ3n) is 3.02. The molecule has 1 aliphatic rings. The van der Waals surface area contributed by atoms with Gasteiger partial charge < -0.3 is 4.52 Å². The fraction of sp³-hybridized carbons (Fsp3) is 0.455. The van der Waals surface area contributed by atoms with E-state index in [1.54, 1.807) is 6.26 Å². The first kappa shape index (κ1) is 9.59. The second-order valence-electron chi connectivity index (χ2n) is 4.15. The number of nitrogens with zero attached hydrogens (tertiary/aromatic N) is 4. The molecule has 1 aliphatic heterocycles. The fourth-order valence-electron chi connectivity index (χ4n) is 2.22. The number of hydrogen-bond acceptors (Lipinski definition) is 4. The zero-order valence-corrected chi connectivity index (χ0v) is 8.99. The Kier molecular flexibility index (Phi) is 2.46. The molecule has 1 atom stereocenters. The molecule has 2 aromatic heterocycles. The van der Waals surface area contributed by atoms with Crippen LogP contribution in [0.1, 0.15) is 18.2 Å². The summed E-state index contributed by atoms with van der Waals surface area (Å²) in [6, 6.07) is 4.39. The number of rotatable bonds is 3. The third-order valence-corrected chi connectivity index (χ3v) is 3.02. The molecular formula is C11H14N4O. The lowest BCUT2D eigenvalue weighted by molar-refractivity contribution is 0.298. The Labute approximate surface area is 93.6 Å². The lowest BCUT2D eigenvalue weighted by Gasteiger charge is -2.14. The van der Waals surface area contributed by atoms with Gasteiger partial charge in [0, 0.05) is 38.1 Å². The highest BCUT2D eigenvalue weighted by atomic mass is 16.5. The number of likely N-dealkylation sites (tertiary alicyclic amines) is 1. The quantitative estimate of drug-likeness (QED) is 0.779. The van der Waals surface area contributed by atoms with E-state index in [2.05, 4.69) is 15.2 Å². The monoisotopic (exact) mass is 218 g/mol. The molecule has 84 valence electrons. The van der Waals surface area contributed by atoms with Crippen LogP contribution in [0.3, 0.4) is 0 Å². The Bertz CT molecular complexity index is 423. The van der Waals surface area contributed by atoms with Gasteiger partial charge in [0.1, 0.15) is 6.26 Å². The molecule has 2 aromatic rings. The molecule has 5 nitrogen and oxygen atoms in total. The SMILES string of the molecule is c1cnn(C2CCN(Cc3ccon3)C2)c1. The lowest BCUT2D eigenvalue weighted by atomic mass is 10.3. The molecule has 0 radical (unpaired) electrons. The molecule has 5 heteroatoms. The van der Waals surface area contributed by atoms with Crippen molar-refractivity contribution in [2.75, 3.05) is 13.1 Å². The second-order valence-corrected chi connectivity index (χ2v) is 4.15. The van der Waals surface area contributed by atoms with Crippen LogP contribution in [0.15, 0.2) is 35.3 Å². The average Bonchev–Trinajstić information content (AvgIpc) is 2.99. The molecule has 0 N–H and O–H groups in total. The smallest absolute Gasteiger partial charge is 0.124 e. The summed E-state index contributed by atoms with van der Waals surface area (Å²) in [5, 5.41) is 8.21. The highest BCUT2D eigenvalue weighted by molar-refractivity contribution is 4.96. The van der Waals surface area contributed by atoms with Gasteiger partial charge in [-0.2, -0.15) is 5.10 Å². The van der Waals surface area contributed by atoms with Crippen molar-refractivity contribution in [2.45, 2.75) is 19.0 Å². The van der Waals surface area contributed by atoms with Crippen molar-refractivity contribution in [3.8, 4) is 0 Å². The molecule has 3 heterocycles. The molecule has 1 saturated heterocycles. The first-order valence-electron chi connectivity index (χ1n) is 5.52. The molecule has 1 fully saturated rings. The minimum atomic E-state index is 0.502. The van der Waals surface area contributed by atoms with Gasteiger partial charge in [-0.1, -0.05) is 5.16 Å². The van der Waals surface area contributed by atoms with Crippen LogP contribution >= 0.6 is 0 Å². The zero-order valence-electron chi connectivity index (χ0n) is 8.99. The Morgan fingerprint density at radius 1 is 1.50 bits per heavy atom. The van der Waals surface area contributed by atoms with E-state index in [9.17, 15) is 0 Å². The summed E-state index contributed by atoms with van der Waals surface area (Å²) in [4.78, 5) is 2.38. The van der Waals surface area contributed by atoms with Gasteiger partial charge >= 0.3 is 0 Å². The van der Waals surface area contributed by atoms with Gasteiger partial charge in [0.2, 0.25) is 0 Å². The van der Waals surface area contributed by atoms with E-state index in [1.165, 1.54) is 0 Å². The molecule has 0 amide bonds. The summed E-state index contributed by atoms with van der Waals surface area (Å²) in [5.74, 6) is 0. The van der Waals surface area contributed by atoms with E-state index in [4.69, 9.17) is 4.52 Å². The largest absolute Gasteiger partial charge is 0.364 e. The highest BCUT2D eigenvalue weighted by Gasteiger charge is 2.24. The van der Waals surface area contributed by atoms with Gasteiger partial charge in [-0.3, -0.25) is 9.58 Å². The van der Waals surface area contributed by atoms with Crippen molar-refractivity contribution in [2.24, 2.45) is 0 Å². The van der Waals surface area contributed by atoms with Crippen molar-refractivity contribution in [3.63, 3.8) is 0 Å². The van der Waals surface area contributed by atoms with Crippen LogP contribution in [0.5, 0.6) is 0 Å². The highest BCUT2D eigenvalue weighted by Crippen LogP contribution is 2.21. The number of aromatic nitrogens is 3. The van der Waals surface area contributed by atoms with E-state index >= 15 is 0 Å². The van der Waals surface area contributed by atoms with E-state index in [0.29, 0.717) is 6.04 Å². The van der Waals surface area contributed by atoms with Crippen LogP contribution in [0, 0.1) is 0 Å². The molecule has 16 heavy (non-hydrogen) atoms. The normalized spacial score (nSPS) is 21.6. The standard InChI is InChI=1S/C11H14N4O/c1-4-12-15(5-1)11-2-6-14(9-11)8-10-3-7-16-13-10/h1,3-5,7,11H,2,6,8-9H2. The summed E-state index contributed by atoms with van der Waals surface area (Å²) < 4.78 is 6.87. The van der Waals surface area contributed by atoms with Crippen molar-refractivity contribution >= 4 is 0 Å². The molecule has 1 unspecified atom stereocenters. The maximum atomic E-state index is 4.83. The number of hydrogen-bond donors (Lipinski definition) is 0. The van der Waals surface area contributed by atoms with E-state index < -0.39 is 0 Å². The molecule has 0 bridgehead atoms. The molecular weight excluding hydrogens is 204 g/mol. The Hall–Kier alpha value is -1.62. The summed E-state index contributed by atoms with van der Waals surface area (Å²) in [6.45, 7) is 3.00. The summed E-state index contributed by atoms with van der Waals surface area (Å²) in [7, 11) is 0. The lowest BCUT2D eigenvalue weighted by Crippen LogP contribution is -2.21. The van der Waals surface area contributed by atoms with Gasteiger partial charge in [-0.05, 0) is 12.5 Å². The molecule has 0 aromatic carbocycles. The summed E-state index contributed by atoms with van der Waals surface area (Å²) >= 11 is 0. The van der Waals surface area contributed by atoms with Gasteiger partial charge in [0.15, 0.2) is 0 Å². The van der Waals surface area contributed by atoms with E-state index in [-0.39, 0.29) is 0 Å². The van der Waals surface area contributed by atoms with Crippen LogP contribution < -0.4 is 0 Å². The topological polar surface area (TPSA) is 47.1 Å². The summed E-state index contributed by atoms with van der Waals surface area (Å²) in [5.41, 5.74) is 1.00. The van der Waals surface area contributed by atoms with Crippen LogP contribution in [0.25, 0.3) is 0 Å². The maximum absolute atomic E-state index is 4.83. The van der Waals surface area contributed by atoms with E-state index in [1.807, 2.05) is 29.2 Å². The van der Waals surface area contributed by atoms with Crippen LogP contribution in [-0.2, 0) is 6.54 Å². The molecule has 3 rings (SSSR count). The Balaban J connectivity index is 1.61. The average molecular weight is 218 g/mol. The van der Waals surface area contributed by atoms with Crippen molar-refractivity contribution in [1.29, 1.82) is 0 Å². The van der Waals surface area contributed by atoms with Crippen LogP contribution in [0.4, 0.5) is 0 Å². The fourth-order valence-corrected chi connectivity index (χ4v) is 2.22. The van der Waals surface area contributed by atoms with Gasteiger partial charge in [0.25, 0.3) is 0 Å². The Morgan fingerprint density at radius 2 is 2.50 bits per heavy atom.